The van der Waals surface area contributed by atoms with Crippen LogP contribution in [0.4, 0.5) is 0 Å². The second-order valence-corrected chi connectivity index (χ2v) is 5.51. The Hall–Kier alpha value is -2.07. The lowest BCUT2D eigenvalue weighted by molar-refractivity contribution is 0.829. The Balaban J connectivity index is 2.30. The van der Waals surface area contributed by atoms with Gasteiger partial charge in [0.05, 0.1) is 11.2 Å². The highest BCUT2D eigenvalue weighted by Crippen LogP contribution is 2.28. The van der Waals surface area contributed by atoms with Crippen molar-refractivity contribution in [1.29, 1.82) is 0 Å². The molecule has 0 fully saturated rings. The fourth-order valence-corrected chi connectivity index (χ4v) is 2.72. The fraction of sp³-hybridized carbons (Fsp3) is 0.235. The molecule has 0 spiro atoms. The normalized spacial score (nSPS) is 11.0. The van der Waals surface area contributed by atoms with Crippen LogP contribution in [-0.4, -0.2) is 15.0 Å². The van der Waals surface area contributed by atoms with E-state index in [1.54, 1.807) is 0 Å². The second-order valence-electron chi connectivity index (χ2n) is 5.12. The zero-order valence-corrected chi connectivity index (χ0v) is 13.0. The number of benzene rings is 1. The van der Waals surface area contributed by atoms with Crippen LogP contribution in [0.3, 0.4) is 0 Å². The van der Waals surface area contributed by atoms with E-state index >= 15 is 0 Å². The molecule has 0 saturated carbocycles. The monoisotopic (exact) mass is 295 g/mol. The average molecular weight is 295 g/mol. The number of hydrogen-bond acceptors (Lipinski definition) is 3. The molecule has 0 unspecified atom stereocenters. The van der Waals surface area contributed by atoms with Gasteiger partial charge >= 0.3 is 0 Å². The molecule has 0 aliphatic heterocycles. The van der Waals surface area contributed by atoms with Gasteiger partial charge in [-0.05, 0) is 19.4 Å². The molecule has 0 bridgehead atoms. The van der Waals surface area contributed by atoms with Crippen molar-refractivity contribution in [1.82, 2.24) is 15.0 Å². The summed E-state index contributed by atoms with van der Waals surface area (Å²) < 4.78 is 0.667. The lowest BCUT2D eigenvalue weighted by atomic mass is 10.0. The first-order valence-corrected chi connectivity index (χ1v) is 7.55. The van der Waals surface area contributed by atoms with Gasteiger partial charge in [0.1, 0.15) is 10.5 Å². The summed E-state index contributed by atoms with van der Waals surface area (Å²) in [5.41, 5.74) is 4.10. The van der Waals surface area contributed by atoms with Crippen molar-refractivity contribution in [2.45, 2.75) is 26.7 Å². The summed E-state index contributed by atoms with van der Waals surface area (Å²) in [4.78, 5) is 12.4. The van der Waals surface area contributed by atoms with E-state index in [1.165, 1.54) is 0 Å². The van der Waals surface area contributed by atoms with Gasteiger partial charge in [0.15, 0.2) is 0 Å². The number of para-hydroxylation sites is 1. The molecule has 0 aliphatic carbocycles. The number of nitrogens with zero attached hydrogens (tertiary/aromatic N) is 2. The number of aromatic amines is 1. The Morgan fingerprint density at radius 2 is 2.00 bits per heavy atom. The first kappa shape index (κ1) is 13.9. The van der Waals surface area contributed by atoms with Gasteiger partial charge in [0, 0.05) is 29.1 Å². The van der Waals surface area contributed by atoms with Crippen molar-refractivity contribution in [3.63, 3.8) is 0 Å². The number of rotatable bonds is 3. The number of nitrogens with one attached hydrogen (secondary N) is 1. The smallest absolute Gasteiger partial charge is 0.133 e. The molecule has 2 aromatic heterocycles. The number of aryl methyl sites for hydroxylation is 1. The van der Waals surface area contributed by atoms with Crippen molar-refractivity contribution >= 4 is 23.1 Å². The van der Waals surface area contributed by atoms with E-state index in [9.17, 15) is 0 Å². The summed E-state index contributed by atoms with van der Waals surface area (Å²) in [6, 6.07) is 10.2. The Morgan fingerprint density at radius 1 is 1.19 bits per heavy atom. The highest BCUT2D eigenvalue weighted by atomic mass is 32.1. The van der Waals surface area contributed by atoms with Crippen molar-refractivity contribution in [2.75, 3.05) is 0 Å². The summed E-state index contributed by atoms with van der Waals surface area (Å²) in [6.45, 7) is 4.15. The van der Waals surface area contributed by atoms with Crippen molar-refractivity contribution in [3.8, 4) is 11.3 Å². The first-order valence-electron chi connectivity index (χ1n) is 7.14. The van der Waals surface area contributed by atoms with Crippen molar-refractivity contribution < 1.29 is 0 Å². The van der Waals surface area contributed by atoms with Gasteiger partial charge in [0.2, 0.25) is 0 Å². The molecule has 4 heteroatoms. The van der Waals surface area contributed by atoms with Crippen LogP contribution in [0.2, 0.25) is 0 Å². The van der Waals surface area contributed by atoms with Crippen LogP contribution >= 0.6 is 12.2 Å². The van der Waals surface area contributed by atoms with Crippen LogP contribution in [0.5, 0.6) is 0 Å². The van der Waals surface area contributed by atoms with E-state index < -0.39 is 0 Å². The Labute approximate surface area is 129 Å². The third kappa shape index (κ3) is 2.59. The van der Waals surface area contributed by atoms with Crippen molar-refractivity contribution in [3.05, 3.63) is 52.6 Å². The Bertz CT molecular complexity index is 847. The first-order chi connectivity index (χ1) is 10.2. The summed E-state index contributed by atoms with van der Waals surface area (Å²) in [5.74, 6) is 0.941. The maximum absolute atomic E-state index is 5.41. The van der Waals surface area contributed by atoms with Crippen LogP contribution in [0.15, 0.2) is 36.5 Å². The molecular formula is C17H17N3S. The molecule has 0 atom stereocenters. The topological polar surface area (TPSA) is 41.6 Å². The lowest BCUT2D eigenvalue weighted by Crippen LogP contribution is -2.01. The maximum atomic E-state index is 5.41. The van der Waals surface area contributed by atoms with Crippen LogP contribution in [-0.2, 0) is 6.42 Å². The predicted octanol–water partition coefficient (Wildman–Crippen LogP) is 4.62. The molecule has 3 rings (SSSR count). The SMILES string of the molecule is CCCc1nc(=S)c(C)c(-c2cccc3cccnc23)[nH]1. The summed E-state index contributed by atoms with van der Waals surface area (Å²) in [6.07, 6.45) is 3.76. The van der Waals surface area contributed by atoms with Crippen molar-refractivity contribution in [2.24, 2.45) is 0 Å². The number of H-pyrrole nitrogens is 1. The quantitative estimate of drug-likeness (QED) is 0.717. The minimum Gasteiger partial charge on any atom is -0.343 e. The van der Waals surface area contributed by atoms with Gasteiger partial charge in [-0.25, -0.2) is 4.98 Å². The Morgan fingerprint density at radius 3 is 2.81 bits per heavy atom. The van der Waals surface area contributed by atoms with Gasteiger partial charge in [-0.2, -0.15) is 0 Å². The van der Waals surface area contributed by atoms with Crippen LogP contribution in [0, 0.1) is 11.6 Å². The molecule has 0 amide bonds. The molecule has 3 nitrogen and oxygen atoms in total. The lowest BCUT2D eigenvalue weighted by Gasteiger charge is -2.11. The van der Waals surface area contributed by atoms with Crippen LogP contribution in [0.1, 0.15) is 24.7 Å². The number of hydrogen-bond donors (Lipinski definition) is 1. The van der Waals surface area contributed by atoms with Crippen LogP contribution < -0.4 is 0 Å². The van der Waals surface area contributed by atoms with E-state index in [-0.39, 0.29) is 0 Å². The molecule has 106 valence electrons. The number of aromatic nitrogens is 3. The maximum Gasteiger partial charge on any atom is 0.133 e. The zero-order valence-electron chi connectivity index (χ0n) is 12.2. The summed E-state index contributed by atoms with van der Waals surface area (Å²) in [5, 5.41) is 1.13. The number of pyridine rings is 1. The molecule has 1 aromatic carbocycles. The van der Waals surface area contributed by atoms with Gasteiger partial charge in [-0.3, -0.25) is 4.98 Å². The minimum atomic E-state index is 0.667. The minimum absolute atomic E-state index is 0.667. The van der Waals surface area contributed by atoms with E-state index in [0.29, 0.717) is 4.64 Å². The highest BCUT2D eigenvalue weighted by Gasteiger charge is 2.10. The Kier molecular flexibility index (Phi) is 3.80. The van der Waals surface area contributed by atoms with Gasteiger partial charge in [-0.1, -0.05) is 43.4 Å². The molecule has 2 heterocycles. The molecule has 0 saturated heterocycles. The molecule has 0 radical (unpaired) electrons. The molecule has 3 aromatic rings. The molecular weight excluding hydrogens is 278 g/mol. The zero-order chi connectivity index (χ0) is 14.8. The third-order valence-corrected chi connectivity index (χ3v) is 3.99. The molecule has 21 heavy (non-hydrogen) atoms. The van der Waals surface area contributed by atoms with E-state index in [2.05, 4.69) is 46.1 Å². The van der Waals surface area contributed by atoms with Gasteiger partial charge in [-0.15, -0.1) is 0 Å². The van der Waals surface area contributed by atoms with Crippen LogP contribution in [0.25, 0.3) is 22.2 Å². The standard InChI is InChI=1S/C17H17N3S/c1-3-6-14-19-15(11(2)17(21)20-14)13-9-4-7-12-8-5-10-18-16(12)13/h4-5,7-10H,3,6H2,1-2H3,(H,19,20,21). The van der Waals surface area contributed by atoms with E-state index in [1.807, 2.05) is 19.2 Å². The fourth-order valence-electron chi connectivity index (χ4n) is 2.51. The highest BCUT2D eigenvalue weighted by molar-refractivity contribution is 7.71. The van der Waals surface area contributed by atoms with E-state index in [4.69, 9.17) is 12.2 Å². The summed E-state index contributed by atoms with van der Waals surface area (Å²) >= 11 is 5.41. The summed E-state index contributed by atoms with van der Waals surface area (Å²) in [7, 11) is 0. The second kappa shape index (κ2) is 5.74. The largest absolute Gasteiger partial charge is 0.343 e. The van der Waals surface area contributed by atoms with E-state index in [0.717, 1.165) is 46.4 Å². The number of fused-ring (bicyclic) bond motifs is 1. The predicted molar refractivity (Wildman–Crippen MR) is 88.9 cm³/mol. The average Bonchev–Trinajstić information content (AvgIpc) is 2.50. The van der Waals surface area contributed by atoms with Gasteiger partial charge < -0.3 is 4.98 Å². The third-order valence-electron chi connectivity index (χ3n) is 3.59. The van der Waals surface area contributed by atoms with Gasteiger partial charge in [0.25, 0.3) is 0 Å². The molecule has 1 N–H and O–H groups in total. The molecule has 0 aliphatic rings.